The number of hydrogen-bond donors (Lipinski definition) is 2. The molecule has 0 amide bonds. The summed E-state index contributed by atoms with van der Waals surface area (Å²) in [6.07, 6.45) is 0. The lowest BCUT2D eigenvalue weighted by Gasteiger charge is -2.10. The molecule has 0 aromatic carbocycles. The summed E-state index contributed by atoms with van der Waals surface area (Å²) in [5.41, 5.74) is 2.42. The third-order valence-corrected chi connectivity index (χ3v) is 5.19. The minimum absolute atomic E-state index is 0. The second kappa shape index (κ2) is 9.46. The molecule has 122 valence electrons. The van der Waals surface area contributed by atoms with E-state index in [9.17, 15) is 0 Å². The van der Waals surface area contributed by atoms with Gasteiger partial charge in [0.05, 0.1) is 23.8 Å². The van der Waals surface area contributed by atoms with Gasteiger partial charge in [-0.1, -0.05) is 0 Å². The lowest BCUT2D eigenvalue weighted by Crippen LogP contribution is -2.36. The molecule has 0 fully saturated rings. The van der Waals surface area contributed by atoms with Crippen molar-refractivity contribution in [1.82, 2.24) is 15.6 Å². The van der Waals surface area contributed by atoms with E-state index in [0.29, 0.717) is 6.54 Å². The number of thiophene rings is 1. The Kier molecular flexibility index (Phi) is 8.34. The molecule has 0 aliphatic carbocycles. The third-order valence-electron chi connectivity index (χ3n) is 3.11. The number of nitrogens with zero attached hydrogens (tertiary/aromatic N) is 2. The molecule has 0 atom stereocenters. The predicted octanol–water partition coefficient (Wildman–Crippen LogP) is 4.00. The van der Waals surface area contributed by atoms with E-state index in [2.05, 4.69) is 45.9 Å². The summed E-state index contributed by atoms with van der Waals surface area (Å²) in [5, 5.41) is 9.91. The first-order chi connectivity index (χ1) is 10.1. The average molecular weight is 450 g/mol. The standard InChI is InChI=1S/C15H22N4S2.HI/c1-5-16-15(17-8-13-10(2)6-7-20-13)18-9-14-11(3)19-12(4)21-14;/h6-7H,5,8-9H2,1-4H3,(H2,16,17,18);1H. The Morgan fingerprint density at radius 3 is 2.55 bits per heavy atom. The smallest absolute Gasteiger partial charge is 0.191 e. The topological polar surface area (TPSA) is 49.3 Å². The predicted molar refractivity (Wildman–Crippen MR) is 108 cm³/mol. The summed E-state index contributed by atoms with van der Waals surface area (Å²) in [4.78, 5) is 11.7. The van der Waals surface area contributed by atoms with Gasteiger partial charge in [-0.3, -0.25) is 0 Å². The van der Waals surface area contributed by atoms with E-state index >= 15 is 0 Å². The lowest BCUT2D eigenvalue weighted by molar-refractivity contribution is 0.821. The van der Waals surface area contributed by atoms with Crippen LogP contribution in [0.3, 0.4) is 0 Å². The Bertz CT molecular complexity index is 619. The van der Waals surface area contributed by atoms with E-state index in [1.165, 1.54) is 15.3 Å². The molecule has 7 heteroatoms. The number of aliphatic imine (C=N–C) groups is 1. The Morgan fingerprint density at radius 1 is 1.23 bits per heavy atom. The van der Waals surface area contributed by atoms with Gasteiger partial charge in [-0.05, 0) is 44.7 Å². The molecule has 0 bridgehead atoms. The molecule has 2 heterocycles. The second-order valence-electron chi connectivity index (χ2n) is 4.82. The minimum atomic E-state index is 0. The maximum atomic E-state index is 4.66. The van der Waals surface area contributed by atoms with Crippen LogP contribution in [-0.2, 0) is 13.1 Å². The highest BCUT2D eigenvalue weighted by atomic mass is 127. The number of aromatic nitrogens is 1. The zero-order valence-electron chi connectivity index (χ0n) is 13.4. The molecule has 0 aliphatic heterocycles. The highest BCUT2D eigenvalue weighted by molar-refractivity contribution is 14.0. The van der Waals surface area contributed by atoms with Crippen LogP contribution in [-0.4, -0.2) is 17.5 Å². The summed E-state index contributed by atoms with van der Waals surface area (Å²) in [6.45, 7) is 10.6. The zero-order valence-corrected chi connectivity index (χ0v) is 17.4. The fraction of sp³-hybridized carbons (Fsp3) is 0.467. The van der Waals surface area contributed by atoms with E-state index < -0.39 is 0 Å². The van der Waals surface area contributed by atoms with Crippen LogP contribution in [0.5, 0.6) is 0 Å². The SMILES string of the molecule is CCNC(=NCc1sc(C)nc1C)NCc1sccc1C.I. The van der Waals surface area contributed by atoms with Crippen LogP contribution in [0.25, 0.3) is 0 Å². The van der Waals surface area contributed by atoms with Crippen molar-refractivity contribution in [2.45, 2.75) is 40.8 Å². The quantitative estimate of drug-likeness (QED) is 0.411. The summed E-state index contributed by atoms with van der Waals surface area (Å²) in [6, 6.07) is 2.15. The molecule has 22 heavy (non-hydrogen) atoms. The molecular weight excluding hydrogens is 427 g/mol. The van der Waals surface area contributed by atoms with Crippen molar-refractivity contribution in [3.05, 3.63) is 37.5 Å². The third kappa shape index (κ3) is 5.51. The monoisotopic (exact) mass is 450 g/mol. The van der Waals surface area contributed by atoms with Gasteiger partial charge in [-0.15, -0.1) is 46.7 Å². The second-order valence-corrected chi connectivity index (χ2v) is 7.11. The van der Waals surface area contributed by atoms with Gasteiger partial charge in [-0.25, -0.2) is 9.98 Å². The fourth-order valence-corrected chi connectivity index (χ4v) is 3.67. The first-order valence-corrected chi connectivity index (χ1v) is 8.77. The van der Waals surface area contributed by atoms with Crippen molar-refractivity contribution in [3.8, 4) is 0 Å². The number of aryl methyl sites for hydroxylation is 3. The van der Waals surface area contributed by atoms with Crippen molar-refractivity contribution < 1.29 is 0 Å². The number of halogens is 1. The van der Waals surface area contributed by atoms with Crippen molar-refractivity contribution >= 4 is 52.6 Å². The van der Waals surface area contributed by atoms with Gasteiger partial charge in [0.15, 0.2) is 5.96 Å². The molecule has 0 saturated heterocycles. The van der Waals surface area contributed by atoms with Crippen LogP contribution in [0.2, 0.25) is 0 Å². The summed E-state index contributed by atoms with van der Waals surface area (Å²) in [5.74, 6) is 0.857. The molecule has 2 aromatic heterocycles. The van der Waals surface area contributed by atoms with Gasteiger partial charge in [0.1, 0.15) is 0 Å². The van der Waals surface area contributed by atoms with E-state index in [1.54, 1.807) is 22.7 Å². The first kappa shape index (κ1) is 19.4. The summed E-state index contributed by atoms with van der Waals surface area (Å²) < 4.78 is 0. The van der Waals surface area contributed by atoms with Crippen molar-refractivity contribution in [1.29, 1.82) is 0 Å². The van der Waals surface area contributed by atoms with E-state index in [4.69, 9.17) is 0 Å². The van der Waals surface area contributed by atoms with Gasteiger partial charge >= 0.3 is 0 Å². The van der Waals surface area contributed by atoms with Gasteiger partial charge in [0, 0.05) is 16.3 Å². The number of thiazole rings is 1. The van der Waals surface area contributed by atoms with Crippen LogP contribution in [0.15, 0.2) is 16.4 Å². The maximum Gasteiger partial charge on any atom is 0.191 e. The van der Waals surface area contributed by atoms with Gasteiger partial charge in [-0.2, -0.15) is 0 Å². The molecule has 0 unspecified atom stereocenters. The van der Waals surface area contributed by atoms with Gasteiger partial charge in [0.25, 0.3) is 0 Å². The Balaban J connectivity index is 0.00000242. The minimum Gasteiger partial charge on any atom is -0.357 e. The van der Waals surface area contributed by atoms with Gasteiger partial charge in [0.2, 0.25) is 0 Å². The molecule has 0 saturated carbocycles. The number of nitrogens with one attached hydrogen (secondary N) is 2. The van der Waals surface area contributed by atoms with E-state index in [-0.39, 0.29) is 24.0 Å². The molecule has 4 nitrogen and oxygen atoms in total. The van der Waals surface area contributed by atoms with Crippen LogP contribution in [0, 0.1) is 20.8 Å². The van der Waals surface area contributed by atoms with Crippen LogP contribution in [0.1, 0.15) is 32.9 Å². The molecule has 2 aromatic rings. The molecule has 0 radical (unpaired) electrons. The summed E-state index contributed by atoms with van der Waals surface area (Å²) in [7, 11) is 0. The Hall–Kier alpha value is -0.670. The normalized spacial score (nSPS) is 11.2. The van der Waals surface area contributed by atoms with Crippen molar-refractivity contribution in [2.24, 2.45) is 4.99 Å². The molecular formula is C15H23IN4S2. The first-order valence-electron chi connectivity index (χ1n) is 7.08. The lowest BCUT2D eigenvalue weighted by atomic mass is 10.3. The molecule has 2 rings (SSSR count). The fourth-order valence-electron chi connectivity index (χ4n) is 1.96. The van der Waals surface area contributed by atoms with Crippen LogP contribution >= 0.6 is 46.7 Å². The molecule has 2 N–H and O–H groups in total. The zero-order chi connectivity index (χ0) is 15.2. The van der Waals surface area contributed by atoms with Crippen LogP contribution < -0.4 is 10.6 Å². The summed E-state index contributed by atoms with van der Waals surface area (Å²) >= 11 is 3.50. The van der Waals surface area contributed by atoms with E-state index in [0.717, 1.165) is 29.8 Å². The van der Waals surface area contributed by atoms with Crippen molar-refractivity contribution in [2.75, 3.05) is 6.54 Å². The largest absolute Gasteiger partial charge is 0.357 e. The van der Waals surface area contributed by atoms with Gasteiger partial charge < -0.3 is 10.6 Å². The number of guanidine groups is 1. The van der Waals surface area contributed by atoms with Crippen LogP contribution in [0.4, 0.5) is 0 Å². The maximum absolute atomic E-state index is 4.66. The average Bonchev–Trinajstić information content (AvgIpc) is 2.99. The highest BCUT2D eigenvalue weighted by Crippen LogP contribution is 2.18. The number of rotatable bonds is 5. The molecule has 0 spiro atoms. The van der Waals surface area contributed by atoms with E-state index in [1.807, 2.05) is 13.8 Å². The highest BCUT2D eigenvalue weighted by Gasteiger charge is 2.05. The molecule has 0 aliphatic rings. The Labute approximate surface area is 157 Å². The Morgan fingerprint density at radius 2 is 2.00 bits per heavy atom. The number of hydrogen-bond acceptors (Lipinski definition) is 4. The van der Waals surface area contributed by atoms with Crippen molar-refractivity contribution in [3.63, 3.8) is 0 Å².